The zero-order valence-corrected chi connectivity index (χ0v) is 40.2. The van der Waals surface area contributed by atoms with E-state index in [0.29, 0.717) is 17.5 Å². The van der Waals surface area contributed by atoms with Gasteiger partial charge in [-0.3, -0.25) is 0 Å². The van der Waals surface area contributed by atoms with E-state index in [-0.39, 0.29) is 0 Å². The molecule has 0 radical (unpaired) electrons. The van der Waals surface area contributed by atoms with Gasteiger partial charge >= 0.3 is 0 Å². The molecule has 0 fully saturated rings. The largest absolute Gasteiger partial charge is 0.309 e. The summed E-state index contributed by atoms with van der Waals surface area (Å²) in [5.41, 5.74) is 18.1. The van der Waals surface area contributed by atoms with Crippen LogP contribution in [0.1, 0.15) is 0 Å². The van der Waals surface area contributed by atoms with Crippen molar-refractivity contribution in [3.63, 3.8) is 0 Å². The summed E-state index contributed by atoms with van der Waals surface area (Å²) in [4.78, 5) is 16.2. The average Bonchev–Trinajstić information content (AvgIpc) is 4.01. The predicted molar refractivity (Wildman–Crippen MR) is 307 cm³/mol. The highest BCUT2D eigenvalue weighted by molar-refractivity contribution is 6.19. The highest BCUT2D eigenvalue weighted by atomic mass is 15.0. The Bertz CT molecular complexity index is 4260. The van der Waals surface area contributed by atoms with E-state index < -0.39 is 0 Å². The summed E-state index contributed by atoms with van der Waals surface area (Å²) in [5.74, 6) is 1.78. The van der Waals surface area contributed by atoms with Crippen LogP contribution in [0.2, 0.25) is 0 Å². The first-order valence-corrected chi connectivity index (χ1v) is 25.1. The smallest absolute Gasteiger partial charge is 0.164 e. The maximum Gasteiger partial charge on any atom is 0.164 e. The molecule has 5 heteroatoms. The fourth-order valence-electron chi connectivity index (χ4n) is 10.9. The molecule has 0 aliphatic rings. The molecule has 0 unspecified atom stereocenters. The Labute approximate surface area is 428 Å². The minimum atomic E-state index is 0.582. The minimum absolute atomic E-state index is 0.582. The first-order chi connectivity index (χ1) is 36.7. The summed E-state index contributed by atoms with van der Waals surface area (Å²) < 4.78 is 4.91. The van der Waals surface area contributed by atoms with Gasteiger partial charge < -0.3 is 9.13 Å². The predicted octanol–water partition coefficient (Wildman–Crippen LogP) is 17.7. The normalized spacial score (nSPS) is 11.5. The minimum Gasteiger partial charge on any atom is -0.309 e. The van der Waals surface area contributed by atoms with Crippen LogP contribution in [0.4, 0.5) is 0 Å². The van der Waals surface area contributed by atoms with Gasteiger partial charge in [0.1, 0.15) is 0 Å². The fraction of sp³-hybridized carbons (Fsp3) is 0. The molecule has 74 heavy (non-hydrogen) atoms. The van der Waals surface area contributed by atoms with Crippen LogP contribution in [0.5, 0.6) is 0 Å². The fourth-order valence-corrected chi connectivity index (χ4v) is 10.9. The molecule has 11 aromatic carbocycles. The quantitative estimate of drug-likeness (QED) is 0.145. The van der Waals surface area contributed by atoms with Gasteiger partial charge in [0.15, 0.2) is 17.5 Å². The zero-order chi connectivity index (χ0) is 49.0. The zero-order valence-electron chi connectivity index (χ0n) is 40.2. The van der Waals surface area contributed by atoms with Gasteiger partial charge in [0.2, 0.25) is 0 Å². The lowest BCUT2D eigenvalue weighted by Crippen LogP contribution is -2.04. The number of rotatable bonds is 9. The Kier molecular flexibility index (Phi) is 10.4. The van der Waals surface area contributed by atoms with Crippen LogP contribution in [0, 0.1) is 0 Å². The van der Waals surface area contributed by atoms with E-state index in [1.165, 1.54) is 32.6 Å². The Morgan fingerprint density at radius 1 is 0.216 bits per heavy atom. The number of fused-ring (bicyclic) bond motifs is 6. The molecule has 3 heterocycles. The van der Waals surface area contributed by atoms with Crippen LogP contribution >= 0.6 is 0 Å². The van der Waals surface area contributed by atoms with E-state index >= 15 is 0 Å². The number of nitrogens with zero attached hydrogens (tertiary/aromatic N) is 5. The lowest BCUT2D eigenvalue weighted by Gasteiger charge is -2.21. The number of hydrogen-bond donors (Lipinski definition) is 0. The van der Waals surface area contributed by atoms with E-state index in [9.17, 15) is 0 Å². The SMILES string of the molecule is c1ccc(-c2cc(-c3ccccc3)cc(-c3nc(-c4ccccc4)nc(-c4cc(-c5ccccc5)c(-n5c6ccccc6c6cc7c(cc65)c5ccccc5n7-c5ccccc5)c(-c5ccccc5)c4)n3)c2)cc1. The number of hydrogen-bond acceptors (Lipinski definition) is 3. The maximum absolute atomic E-state index is 5.49. The second-order valence-corrected chi connectivity index (χ2v) is 18.8. The van der Waals surface area contributed by atoms with E-state index in [2.05, 4.69) is 264 Å². The summed E-state index contributed by atoms with van der Waals surface area (Å²) >= 11 is 0. The molecular formula is C69H45N5. The highest BCUT2D eigenvalue weighted by Gasteiger charge is 2.25. The van der Waals surface area contributed by atoms with Gasteiger partial charge in [-0.1, -0.05) is 206 Å². The third kappa shape index (κ3) is 7.46. The first-order valence-electron chi connectivity index (χ1n) is 25.1. The van der Waals surface area contributed by atoms with Crippen molar-refractivity contribution in [2.75, 3.05) is 0 Å². The Morgan fingerprint density at radius 2 is 0.554 bits per heavy atom. The molecular weight excluding hydrogens is 899 g/mol. The Morgan fingerprint density at radius 3 is 1.03 bits per heavy atom. The first kappa shape index (κ1) is 42.9. The molecule has 0 spiro atoms. The summed E-state index contributed by atoms with van der Waals surface area (Å²) in [6.07, 6.45) is 0. The van der Waals surface area contributed by atoms with E-state index in [1.54, 1.807) is 0 Å². The van der Waals surface area contributed by atoms with Crippen molar-refractivity contribution >= 4 is 43.6 Å². The van der Waals surface area contributed by atoms with Crippen molar-refractivity contribution in [1.82, 2.24) is 24.1 Å². The van der Waals surface area contributed by atoms with Gasteiger partial charge in [-0.25, -0.2) is 15.0 Å². The second kappa shape index (κ2) is 18.0. The summed E-state index contributed by atoms with van der Waals surface area (Å²) in [5, 5.41) is 4.76. The highest BCUT2D eigenvalue weighted by Crippen LogP contribution is 2.46. The molecule has 0 saturated heterocycles. The topological polar surface area (TPSA) is 48.5 Å². The van der Waals surface area contributed by atoms with Crippen LogP contribution in [0.15, 0.2) is 273 Å². The molecule has 0 aliphatic carbocycles. The standard InChI is InChI=1S/C69H45N5/c1-7-23-46(24-8-1)51-39-52(47-25-9-2-10-26-47)41-53(40-51)68-70-67(50-31-15-5-16-32-50)71-69(72-68)54-42-58(48-27-11-3-12-28-48)66(59(43-54)49-29-13-4-14-30-49)74-63-38-22-20-36-57(63)61-44-64-60(45-65(61)74)56-35-19-21-37-62(56)73(64)55-33-17-6-18-34-55/h1-45H. The van der Waals surface area contributed by atoms with Gasteiger partial charge in [-0.2, -0.15) is 0 Å². The average molecular weight is 944 g/mol. The molecule has 14 rings (SSSR count). The molecule has 0 bridgehead atoms. The van der Waals surface area contributed by atoms with Crippen LogP contribution in [-0.2, 0) is 0 Å². The van der Waals surface area contributed by atoms with E-state index in [0.717, 1.165) is 83.6 Å². The summed E-state index contributed by atoms with van der Waals surface area (Å²) in [6.45, 7) is 0. The lowest BCUT2D eigenvalue weighted by atomic mass is 9.92. The molecule has 0 N–H and O–H groups in total. The second-order valence-electron chi connectivity index (χ2n) is 18.8. The lowest BCUT2D eigenvalue weighted by molar-refractivity contribution is 1.07. The van der Waals surface area contributed by atoms with Crippen LogP contribution in [0.3, 0.4) is 0 Å². The molecule has 0 saturated carbocycles. The third-order valence-electron chi connectivity index (χ3n) is 14.3. The van der Waals surface area contributed by atoms with Gasteiger partial charge in [-0.05, 0) is 100 Å². The molecule has 0 amide bonds. The van der Waals surface area contributed by atoms with Gasteiger partial charge in [0, 0.05) is 55.0 Å². The molecule has 346 valence electrons. The monoisotopic (exact) mass is 943 g/mol. The Balaban J connectivity index is 1.07. The number of aromatic nitrogens is 5. The van der Waals surface area contributed by atoms with Crippen molar-refractivity contribution < 1.29 is 0 Å². The van der Waals surface area contributed by atoms with E-state index in [4.69, 9.17) is 15.0 Å². The Hall–Kier alpha value is -9.97. The van der Waals surface area contributed by atoms with Gasteiger partial charge in [0.25, 0.3) is 0 Å². The van der Waals surface area contributed by atoms with Crippen molar-refractivity contribution in [2.45, 2.75) is 0 Å². The summed E-state index contributed by atoms with van der Waals surface area (Å²) in [7, 11) is 0. The van der Waals surface area contributed by atoms with E-state index in [1.807, 2.05) is 18.2 Å². The molecule has 14 aromatic rings. The molecule has 0 aliphatic heterocycles. The van der Waals surface area contributed by atoms with Crippen molar-refractivity contribution in [3.05, 3.63) is 273 Å². The summed E-state index contributed by atoms with van der Waals surface area (Å²) in [6, 6.07) is 97.2. The van der Waals surface area contributed by atoms with Crippen LogP contribution in [-0.4, -0.2) is 24.1 Å². The number of para-hydroxylation sites is 3. The molecule has 0 atom stereocenters. The third-order valence-corrected chi connectivity index (χ3v) is 14.3. The number of benzene rings is 11. The van der Waals surface area contributed by atoms with Gasteiger partial charge in [0.05, 0.1) is 27.8 Å². The maximum atomic E-state index is 5.49. The van der Waals surface area contributed by atoms with Crippen molar-refractivity contribution in [1.29, 1.82) is 0 Å². The van der Waals surface area contributed by atoms with Crippen LogP contribution < -0.4 is 0 Å². The van der Waals surface area contributed by atoms with Gasteiger partial charge in [-0.15, -0.1) is 0 Å². The van der Waals surface area contributed by atoms with Crippen LogP contribution in [0.25, 0.3) is 134 Å². The molecule has 5 nitrogen and oxygen atoms in total. The van der Waals surface area contributed by atoms with Crippen molar-refractivity contribution in [3.8, 4) is 90.0 Å². The van der Waals surface area contributed by atoms with Crippen molar-refractivity contribution in [2.24, 2.45) is 0 Å². The molecule has 3 aromatic heterocycles.